The molecular weight excluding hydrogens is 434 g/mol. The fourth-order valence-corrected chi connectivity index (χ4v) is 5.48. The van der Waals surface area contributed by atoms with E-state index in [-0.39, 0.29) is 26.9 Å². The zero-order valence-electron chi connectivity index (χ0n) is 16.9. The van der Waals surface area contributed by atoms with E-state index in [2.05, 4.69) is 4.98 Å². The SMILES string of the molecule is Cc1cc(C)c(S(=O)(=O)NC(Cc2c[nH]c3c(C#N)ccc(F)c23)C(F)(F)F)c(C)c1. The minimum absolute atomic E-state index is 0.0616. The Morgan fingerprint density at radius 1 is 1.16 bits per heavy atom. The minimum atomic E-state index is -4.94. The molecule has 164 valence electrons. The van der Waals surface area contributed by atoms with E-state index in [1.54, 1.807) is 23.8 Å². The molecule has 1 aromatic heterocycles. The standard InChI is InChI=1S/C21H19F4N3O2S/c1-11-6-12(2)20(13(3)7-11)31(29,30)28-17(21(23,24)25)8-15-10-27-19-14(9-26)4-5-16(22)18(15)19/h4-7,10,17,27-28H,8H2,1-3H3. The van der Waals surface area contributed by atoms with E-state index in [0.717, 1.165) is 17.8 Å². The summed E-state index contributed by atoms with van der Waals surface area (Å²) in [7, 11) is -4.53. The third-order valence-electron chi connectivity index (χ3n) is 4.98. The van der Waals surface area contributed by atoms with Crippen molar-refractivity contribution in [2.24, 2.45) is 0 Å². The summed E-state index contributed by atoms with van der Waals surface area (Å²) in [5.41, 5.74) is 1.46. The van der Waals surface area contributed by atoms with Gasteiger partial charge in [0.1, 0.15) is 17.9 Å². The van der Waals surface area contributed by atoms with Gasteiger partial charge in [-0.1, -0.05) is 17.7 Å². The first kappa shape index (κ1) is 22.8. The lowest BCUT2D eigenvalue weighted by atomic mass is 10.0. The van der Waals surface area contributed by atoms with Crippen molar-refractivity contribution in [3.05, 3.63) is 64.1 Å². The molecule has 3 rings (SSSR count). The zero-order chi connectivity index (χ0) is 23.1. The van der Waals surface area contributed by atoms with Gasteiger partial charge >= 0.3 is 6.18 Å². The normalized spacial score (nSPS) is 13.4. The molecule has 0 saturated carbocycles. The number of aromatic amines is 1. The van der Waals surface area contributed by atoms with Crippen LogP contribution in [0.3, 0.4) is 0 Å². The second-order valence-electron chi connectivity index (χ2n) is 7.42. The molecule has 0 radical (unpaired) electrons. The van der Waals surface area contributed by atoms with Gasteiger partial charge in [-0.2, -0.15) is 23.2 Å². The molecule has 1 unspecified atom stereocenters. The Morgan fingerprint density at radius 3 is 2.32 bits per heavy atom. The molecule has 0 amide bonds. The molecule has 0 spiro atoms. The van der Waals surface area contributed by atoms with Crippen LogP contribution in [0.4, 0.5) is 17.6 Å². The summed E-state index contributed by atoms with van der Waals surface area (Å²) >= 11 is 0. The van der Waals surface area contributed by atoms with Crippen LogP contribution in [-0.2, 0) is 16.4 Å². The summed E-state index contributed by atoms with van der Waals surface area (Å²) < 4.78 is 83.2. The summed E-state index contributed by atoms with van der Waals surface area (Å²) in [4.78, 5) is 2.40. The molecule has 10 heteroatoms. The highest BCUT2D eigenvalue weighted by Crippen LogP contribution is 2.31. The number of nitriles is 1. The molecule has 3 aromatic rings. The number of H-pyrrole nitrogens is 1. The first-order valence-corrected chi connectivity index (χ1v) is 10.7. The lowest BCUT2D eigenvalue weighted by molar-refractivity contribution is -0.150. The number of alkyl halides is 3. The van der Waals surface area contributed by atoms with Gasteiger partial charge in [0, 0.05) is 11.6 Å². The van der Waals surface area contributed by atoms with E-state index in [1.165, 1.54) is 19.9 Å². The van der Waals surface area contributed by atoms with Crippen LogP contribution in [0.2, 0.25) is 0 Å². The molecular formula is C21H19F4N3O2S. The van der Waals surface area contributed by atoms with Crippen LogP contribution in [0.1, 0.15) is 27.8 Å². The number of rotatable bonds is 5. The lowest BCUT2D eigenvalue weighted by Gasteiger charge is -2.23. The van der Waals surface area contributed by atoms with Gasteiger partial charge in [-0.05, 0) is 56.0 Å². The highest BCUT2D eigenvalue weighted by Gasteiger charge is 2.43. The molecule has 0 bridgehead atoms. The maximum absolute atomic E-state index is 14.3. The number of hydrogen-bond donors (Lipinski definition) is 2. The van der Waals surface area contributed by atoms with E-state index in [9.17, 15) is 26.0 Å². The summed E-state index contributed by atoms with van der Waals surface area (Å²) in [6.45, 7) is 4.77. The molecule has 0 fully saturated rings. The van der Waals surface area contributed by atoms with Gasteiger partial charge in [-0.25, -0.2) is 12.8 Å². The number of fused-ring (bicyclic) bond motifs is 1. The number of halogens is 4. The summed E-state index contributed by atoms with van der Waals surface area (Å²) in [6, 6.07) is 4.69. The Labute approximate surface area is 176 Å². The molecule has 2 N–H and O–H groups in total. The van der Waals surface area contributed by atoms with Crippen molar-refractivity contribution in [2.45, 2.75) is 44.3 Å². The first-order valence-electron chi connectivity index (χ1n) is 9.20. The second kappa shape index (κ2) is 7.98. The van der Waals surface area contributed by atoms with Crippen LogP contribution in [-0.4, -0.2) is 25.6 Å². The average Bonchev–Trinajstić information content (AvgIpc) is 3.04. The van der Waals surface area contributed by atoms with Gasteiger partial charge in [-0.15, -0.1) is 0 Å². The third-order valence-corrected chi connectivity index (χ3v) is 6.75. The van der Waals surface area contributed by atoms with Gasteiger partial charge < -0.3 is 4.98 Å². The predicted octanol–water partition coefficient (Wildman–Crippen LogP) is 4.56. The highest BCUT2D eigenvalue weighted by molar-refractivity contribution is 7.89. The Morgan fingerprint density at radius 2 is 1.77 bits per heavy atom. The Balaban J connectivity index is 2.04. The number of nitrogens with zero attached hydrogens (tertiary/aromatic N) is 1. The van der Waals surface area contributed by atoms with Crippen molar-refractivity contribution < 1.29 is 26.0 Å². The maximum Gasteiger partial charge on any atom is 0.405 e. The van der Waals surface area contributed by atoms with Crippen molar-refractivity contribution in [2.75, 3.05) is 0 Å². The molecule has 0 saturated heterocycles. The second-order valence-corrected chi connectivity index (χ2v) is 9.07. The van der Waals surface area contributed by atoms with E-state index in [0.29, 0.717) is 11.1 Å². The van der Waals surface area contributed by atoms with Crippen LogP contribution >= 0.6 is 0 Å². The fraction of sp³-hybridized carbons (Fsp3) is 0.286. The van der Waals surface area contributed by atoms with E-state index in [1.807, 2.05) is 6.07 Å². The molecule has 1 atom stereocenters. The quantitative estimate of drug-likeness (QED) is 0.556. The van der Waals surface area contributed by atoms with Crippen LogP contribution in [0.15, 0.2) is 35.4 Å². The van der Waals surface area contributed by atoms with E-state index >= 15 is 0 Å². The summed E-state index contributed by atoms with van der Waals surface area (Å²) in [6.07, 6.45) is -4.63. The molecule has 1 heterocycles. The smallest absolute Gasteiger partial charge is 0.360 e. The monoisotopic (exact) mass is 453 g/mol. The van der Waals surface area contributed by atoms with E-state index in [4.69, 9.17) is 5.26 Å². The van der Waals surface area contributed by atoms with Crippen LogP contribution in [0.5, 0.6) is 0 Å². The van der Waals surface area contributed by atoms with Gasteiger partial charge in [0.15, 0.2) is 0 Å². The molecule has 2 aromatic carbocycles. The van der Waals surface area contributed by atoms with Crippen molar-refractivity contribution in [1.82, 2.24) is 9.71 Å². The van der Waals surface area contributed by atoms with Gasteiger partial charge in [0.2, 0.25) is 10.0 Å². The summed E-state index contributed by atoms with van der Waals surface area (Å²) in [5, 5.41) is 8.96. The average molecular weight is 453 g/mol. The Kier molecular flexibility index (Phi) is 5.86. The molecule has 0 aliphatic carbocycles. The van der Waals surface area contributed by atoms with Crippen LogP contribution in [0, 0.1) is 37.9 Å². The number of aromatic nitrogens is 1. The largest absolute Gasteiger partial charge is 0.405 e. The van der Waals surface area contributed by atoms with Crippen molar-refractivity contribution in [3.8, 4) is 6.07 Å². The fourth-order valence-electron chi connectivity index (χ4n) is 3.81. The topological polar surface area (TPSA) is 85.8 Å². The molecule has 31 heavy (non-hydrogen) atoms. The van der Waals surface area contributed by atoms with Crippen molar-refractivity contribution in [3.63, 3.8) is 0 Å². The molecule has 0 aliphatic rings. The number of hydrogen-bond acceptors (Lipinski definition) is 3. The van der Waals surface area contributed by atoms with E-state index < -0.39 is 34.5 Å². The number of sulfonamides is 1. The van der Waals surface area contributed by atoms with Gasteiger partial charge in [0.25, 0.3) is 0 Å². The molecule has 0 aliphatic heterocycles. The number of nitrogens with one attached hydrogen (secondary N) is 2. The number of benzene rings is 2. The predicted molar refractivity (Wildman–Crippen MR) is 107 cm³/mol. The first-order chi connectivity index (χ1) is 14.3. The van der Waals surface area contributed by atoms with Crippen molar-refractivity contribution >= 4 is 20.9 Å². The zero-order valence-corrected chi connectivity index (χ0v) is 17.7. The maximum atomic E-state index is 14.3. The third kappa shape index (κ3) is 4.43. The molecule has 5 nitrogen and oxygen atoms in total. The highest BCUT2D eigenvalue weighted by atomic mass is 32.2. The van der Waals surface area contributed by atoms with Crippen LogP contribution in [0.25, 0.3) is 10.9 Å². The number of aryl methyl sites for hydroxylation is 3. The van der Waals surface area contributed by atoms with Crippen molar-refractivity contribution in [1.29, 1.82) is 5.26 Å². The van der Waals surface area contributed by atoms with Gasteiger partial charge in [-0.3, -0.25) is 0 Å². The summed E-state index contributed by atoms with van der Waals surface area (Å²) in [5.74, 6) is -0.806. The Bertz CT molecular complexity index is 1280. The minimum Gasteiger partial charge on any atom is -0.360 e. The van der Waals surface area contributed by atoms with Gasteiger partial charge in [0.05, 0.1) is 16.0 Å². The van der Waals surface area contributed by atoms with Crippen LogP contribution < -0.4 is 4.72 Å². The lowest BCUT2D eigenvalue weighted by Crippen LogP contribution is -2.47. The Hall–Kier alpha value is -2.90.